The lowest BCUT2D eigenvalue weighted by molar-refractivity contribution is 0.296. The summed E-state index contributed by atoms with van der Waals surface area (Å²) in [7, 11) is 0. The van der Waals surface area contributed by atoms with E-state index in [2.05, 4.69) is 63.3 Å². The van der Waals surface area contributed by atoms with Crippen LogP contribution in [0.3, 0.4) is 0 Å². The summed E-state index contributed by atoms with van der Waals surface area (Å²) in [6.07, 6.45) is 16.3. The highest BCUT2D eigenvalue weighted by Gasteiger charge is 2.23. The minimum Gasteiger partial charge on any atom is -0.103 e. The molecular weight excluding hydrogens is 240 g/mol. The molecule has 0 heteroatoms. The molecule has 0 spiro atoms. The Morgan fingerprint density at radius 1 is 0.400 bits per heavy atom. The fourth-order valence-corrected chi connectivity index (χ4v) is 3.39. The molecular formula is C20H30. The molecule has 0 saturated heterocycles. The number of rotatable bonds is 5. The molecule has 0 radical (unpaired) electrons. The van der Waals surface area contributed by atoms with Crippen LogP contribution in [0, 0.1) is 29.6 Å². The van der Waals surface area contributed by atoms with E-state index < -0.39 is 0 Å². The highest BCUT2D eigenvalue weighted by atomic mass is 14.3. The molecule has 0 aromatic carbocycles. The van der Waals surface area contributed by atoms with Crippen molar-refractivity contribution < 1.29 is 0 Å². The molecule has 0 unspecified atom stereocenters. The van der Waals surface area contributed by atoms with Gasteiger partial charge in [-0.2, -0.15) is 0 Å². The van der Waals surface area contributed by atoms with Crippen LogP contribution in [0.1, 0.15) is 32.1 Å². The van der Waals surface area contributed by atoms with E-state index in [0.717, 1.165) is 32.1 Å². The van der Waals surface area contributed by atoms with Crippen molar-refractivity contribution in [1.29, 1.82) is 0 Å². The molecule has 0 aliphatic heterocycles. The second-order valence-corrected chi connectivity index (χ2v) is 6.16. The minimum absolute atomic E-state index is 0.551. The fraction of sp³-hybridized carbons (Fsp3) is 0.500. The number of allylic oxidation sites excluding steroid dienone is 5. The van der Waals surface area contributed by atoms with Crippen LogP contribution in [0.4, 0.5) is 0 Å². The van der Waals surface area contributed by atoms with Crippen molar-refractivity contribution in [2.45, 2.75) is 32.1 Å². The third-order valence-electron chi connectivity index (χ3n) is 4.69. The van der Waals surface area contributed by atoms with Gasteiger partial charge in [-0.25, -0.2) is 0 Å². The van der Waals surface area contributed by atoms with Gasteiger partial charge in [-0.15, -0.1) is 32.9 Å². The lowest BCUT2D eigenvalue weighted by Gasteiger charge is -2.30. The van der Waals surface area contributed by atoms with Gasteiger partial charge in [-0.05, 0) is 61.7 Å². The molecule has 0 aromatic heterocycles. The topological polar surface area (TPSA) is 0 Å². The highest BCUT2D eigenvalue weighted by Crippen LogP contribution is 2.35. The quantitative estimate of drug-likeness (QED) is 0.540. The van der Waals surface area contributed by atoms with Crippen LogP contribution < -0.4 is 0 Å². The van der Waals surface area contributed by atoms with Gasteiger partial charge in [0.15, 0.2) is 0 Å². The van der Waals surface area contributed by atoms with Gasteiger partial charge in [-0.1, -0.05) is 30.4 Å². The van der Waals surface area contributed by atoms with E-state index in [-0.39, 0.29) is 0 Å². The third kappa shape index (κ3) is 5.00. The van der Waals surface area contributed by atoms with Crippen molar-refractivity contribution in [2.24, 2.45) is 29.6 Å². The molecule has 110 valence electrons. The Morgan fingerprint density at radius 3 is 0.650 bits per heavy atom. The zero-order valence-corrected chi connectivity index (χ0v) is 12.8. The highest BCUT2D eigenvalue weighted by molar-refractivity contribution is 4.98. The van der Waals surface area contributed by atoms with Crippen molar-refractivity contribution >= 4 is 0 Å². The molecule has 0 N–H and O–H groups in total. The molecule has 0 aromatic rings. The Kier molecular flexibility index (Phi) is 7.36. The fourth-order valence-electron chi connectivity index (χ4n) is 3.39. The zero-order valence-electron chi connectivity index (χ0n) is 12.8. The van der Waals surface area contributed by atoms with Crippen molar-refractivity contribution in [3.05, 3.63) is 63.3 Å². The lowest BCUT2D eigenvalue weighted by Crippen LogP contribution is -2.18. The van der Waals surface area contributed by atoms with Crippen LogP contribution in [-0.2, 0) is 0 Å². The third-order valence-corrected chi connectivity index (χ3v) is 4.69. The molecule has 1 aliphatic carbocycles. The van der Waals surface area contributed by atoms with Gasteiger partial charge < -0.3 is 0 Å². The molecule has 0 bridgehead atoms. The number of hydrogen-bond donors (Lipinski definition) is 0. The summed E-state index contributed by atoms with van der Waals surface area (Å²) in [4.78, 5) is 0. The Balaban J connectivity index is 2.94. The Hall–Kier alpha value is -1.30. The molecule has 1 aliphatic rings. The van der Waals surface area contributed by atoms with Gasteiger partial charge in [0.25, 0.3) is 0 Å². The van der Waals surface area contributed by atoms with Gasteiger partial charge in [0.1, 0.15) is 0 Å². The first-order valence-corrected chi connectivity index (χ1v) is 7.79. The first-order valence-electron chi connectivity index (χ1n) is 7.79. The van der Waals surface area contributed by atoms with Crippen molar-refractivity contribution in [2.75, 3.05) is 0 Å². The minimum atomic E-state index is 0.551. The predicted molar refractivity (Wildman–Crippen MR) is 91.5 cm³/mol. The molecule has 1 saturated carbocycles. The van der Waals surface area contributed by atoms with Crippen LogP contribution in [-0.4, -0.2) is 0 Å². The maximum Gasteiger partial charge on any atom is -0.0225 e. The van der Waals surface area contributed by atoms with Crippen LogP contribution in [0.2, 0.25) is 0 Å². The van der Waals surface area contributed by atoms with E-state index in [9.17, 15) is 0 Å². The summed E-state index contributed by atoms with van der Waals surface area (Å²) in [5.41, 5.74) is 0. The van der Waals surface area contributed by atoms with E-state index >= 15 is 0 Å². The van der Waals surface area contributed by atoms with Crippen molar-refractivity contribution in [3.63, 3.8) is 0 Å². The van der Waals surface area contributed by atoms with E-state index in [1.807, 2.05) is 0 Å². The van der Waals surface area contributed by atoms with Crippen LogP contribution in [0.15, 0.2) is 63.3 Å². The maximum atomic E-state index is 4.02. The molecule has 1 rings (SSSR count). The number of hydrogen-bond acceptors (Lipinski definition) is 0. The Bertz CT molecular complexity index is 258. The van der Waals surface area contributed by atoms with E-state index in [0.29, 0.717) is 29.6 Å². The Labute approximate surface area is 125 Å². The first-order chi connectivity index (χ1) is 9.66. The van der Waals surface area contributed by atoms with Crippen molar-refractivity contribution in [3.8, 4) is 0 Å². The summed E-state index contributed by atoms with van der Waals surface area (Å²) >= 11 is 0. The summed E-state index contributed by atoms with van der Waals surface area (Å²) in [5.74, 6) is 2.75. The molecule has 0 heterocycles. The molecule has 20 heavy (non-hydrogen) atoms. The van der Waals surface area contributed by atoms with Gasteiger partial charge in [-0.3, -0.25) is 0 Å². The summed E-state index contributed by atoms with van der Waals surface area (Å²) in [6.45, 7) is 20.1. The van der Waals surface area contributed by atoms with Gasteiger partial charge in [0.05, 0.1) is 0 Å². The van der Waals surface area contributed by atoms with Gasteiger partial charge >= 0.3 is 0 Å². The largest absolute Gasteiger partial charge is 0.103 e. The normalized spacial score (nSPS) is 35.5. The van der Waals surface area contributed by atoms with E-state index in [1.54, 1.807) is 0 Å². The van der Waals surface area contributed by atoms with Crippen LogP contribution in [0.5, 0.6) is 0 Å². The maximum absolute atomic E-state index is 4.02. The van der Waals surface area contributed by atoms with E-state index in [4.69, 9.17) is 0 Å². The average molecular weight is 270 g/mol. The van der Waals surface area contributed by atoms with Crippen molar-refractivity contribution in [1.82, 2.24) is 0 Å². The van der Waals surface area contributed by atoms with E-state index in [1.165, 1.54) is 0 Å². The van der Waals surface area contributed by atoms with Crippen LogP contribution in [0.25, 0.3) is 0 Å². The molecule has 0 nitrogen and oxygen atoms in total. The molecule has 0 amide bonds. The molecule has 1 fully saturated rings. The summed E-state index contributed by atoms with van der Waals surface area (Å²) in [6, 6.07) is 0. The lowest BCUT2D eigenvalue weighted by atomic mass is 9.75. The van der Waals surface area contributed by atoms with Gasteiger partial charge in [0, 0.05) is 0 Å². The Morgan fingerprint density at radius 2 is 0.550 bits per heavy atom. The zero-order chi connectivity index (χ0) is 15.0. The second-order valence-electron chi connectivity index (χ2n) is 6.16. The SMILES string of the molecule is C=CC1CC(C=C)CC(C=C)CC(C=C)CC(C=C)C1. The summed E-state index contributed by atoms with van der Waals surface area (Å²) < 4.78 is 0. The monoisotopic (exact) mass is 270 g/mol. The average Bonchev–Trinajstić information content (AvgIpc) is 2.49. The van der Waals surface area contributed by atoms with Gasteiger partial charge in [0.2, 0.25) is 0 Å². The van der Waals surface area contributed by atoms with Crippen LogP contribution >= 0.6 is 0 Å². The summed E-state index contributed by atoms with van der Waals surface area (Å²) in [5, 5.41) is 0. The second kappa shape index (κ2) is 8.79. The molecule has 0 atom stereocenters. The first kappa shape index (κ1) is 16.8. The standard InChI is InChI=1S/C20H30/c1-6-16-11-17(7-2)13-19(9-4)15-20(10-5)14-18(8-3)12-16/h6-10,16-20H,1-5,11-15H2. The smallest absolute Gasteiger partial charge is 0.0225 e. The predicted octanol–water partition coefficient (Wildman–Crippen LogP) is 5.96.